The van der Waals surface area contributed by atoms with Crippen LogP contribution >= 0.6 is 0 Å². The summed E-state index contributed by atoms with van der Waals surface area (Å²) in [5, 5.41) is 15.7. The molecule has 91 valence electrons. The van der Waals surface area contributed by atoms with Gasteiger partial charge < -0.3 is 10.2 Å². The third-order valence-corrected chi connectivity index (χ3v) is 0.800. The number of carbonyl (C=O) groups excluding carboxylic acids is 2. The summed E-state index contributed by atoms with van der Waals surface area (Å²) in [7, 11) is 0. The van der Waals surface area contributed by atoms with E-state index in [1.165, 1.54) is 13.8 Å². The van der Waals surface area contributed by atoms with E-state index in [1.807, 2.05) is 0 Å². The van der Waals surface area contributed by atoms with Crippen molar-refractivity contribution in [2.75, 3.05) is 0 Å². The van der Waals surface area contributed by atoms with Gasteiger partial charge in [-0.2, -0.15) is 0 Å². The number of carbonyl (C=O) groups is 4. The number of carboxylic acids is 2. The first-order chi connectivity index (χ1) is 7.25. The SMILES string of the molecule is CC(=O)CC(=O)O.CC(=O)CC(=O)O.[O]=[V]. The molecule has 0 aromatic heterocycles. The summed E-state index contributed by atoms with van der Waals surface area (Å²) >= 11 is 1.06. The molecule has 0 aliphatic carbocycles. The number of hydrogen-bond acceptors (Lipinski definition) is 5. The van der Waals surface area contributed by atoms with Crippen LogP contribution in [0.2, 0.25) is 0 Å². The predicted octanol–water partition coefficient (Wildman–Crippen LogP) is -0.0211. The summed E-state index contributed by atoms with van der Waals surface area (Å²) < 4.78 is 8.19. The molecular formula is C8H12O7V. The van der Waals surface area contributed by atoms with Gasteiger partial charge in [0.2, 0.25) is 0 Å². The molecule has 16 heavy (non-hydrogen) atoms. The molecule has 0 fully saturated rings. The maximum atomic E-state index is 9.87. The quantitative estimate of drug-likeness (QED) is 0.688. The predicted molar refractivity (Wildman–Crippen MR) is 46.6 cm³/mol. The van der Waals surface area contributed by atoms with Crippen LogP contribution in [-0.2, 0) is 40.2 Å². The Labute approximate surface area is 101 Å². The molecule has 0 unspecified atom stereocenters. The summed E-state index contributed by atoms with van der Waals surface area (Å²) in [6.07, 6.45) is -0.722. The van der Waals surface area contributed by atoms with Gasteiger partial charge in [0.25, 0.3) is 0 Å². The van der Waals surface area contributed by atoms with Crippen molar-refractivity contribution in [3.8, 4) is 0 Å². The summed E-state index contributed by atoms with van der Waals surface area (Å²) in [4.78, 5) is 38.9. The van der Waals surface area contributed by atoms with Gasteiger partial charge in [-0.15, -0.1) is 0 Å². The summed E-state index contributed by atoms with van der Waals surface area (Å²) in [6, 6.07) is 0. The Kier molecular flexibility index (Phi) is 17.2. The van der Waals surface area contributed by atoms with Gasteiger partial charge in [0.15, 0.2) is 0 Å². The van der Waals surface area contributed by atoms with Crippen LogP contribution in [0.3, 0.4) is 0 Å². The Morgan fingerprint density at radius 2 is 1.00 bits per heavy atom. The van der Waals surface area contributed by atoms with Crippen LogP contribution in [0, 0.1) is 0 Å². The Morgan fingerprint density at radius 1 is 0.812 bits per heavy atom. The first kappa shape index (κ1) is 20.1. The van der Waals surface area contributed by atoms with E-state index in [4.69, 9.17) is 13.9 Å². The van der Waals surface area contributed by atoms with E-state index in [1.54, 1.807) is 0 Å². The van der Waals surface area contributed by atoms with Crippen LogP contribution in [-0.4, -0.2) is 33.7 Å². The Morgan fingerprint density at radius 3 is 1.00 bits per heavy atom. The standard InChI is InChI=1S/2C4H6O3.O.V/c2*1-3(5)2-4(6)7;;/h2*2H2,1H3,(H,6,7);;. The third-order valence-electron chi connectivity index (χ3n) is 0.800. The normalized spacial score (nSPS) is 7.31. The van der Waals surface area contributed by atoms with E-state index in [9.17, 15) is 19.2 Å². The van der Waals surface area contributed by atoms with E-state index in [-0.39, 0.29) is 24.4 Å². The van der Waals surface area contributed by atoms with Crippen LogP contribution < -0.4 is 0 Å². The molecule has 0 heterocycles. The molecule has 0 radical (unpaired) electrons. The van der Waals surface area contributed by atoms with Gasteiger partial charge in [-0.1, -0.05) is 0 Å². The number of rotatable bonds is 4. The minimum atomic E-state index is -1.06. The molecule has 0 bridgehead atoms. The Hall–Kier alpha value is -1.34. The number of ketones is 2. The number of Topliss-reactive ketones (excluding diaryl/α,β-unsaturated/α-hetero) is 2. The van der Waals surface area contributed by atoms with Crippen LogP contribution in [0.15, 0.2) is 0 Å². The van der Waals surface area contributed by atoms with Crippen molar-refractivity contribution in [1.82, 2.24) is 0 Å². The number of carboxylic acid groups (broad SMARTS) is 2. The second kappa shape index (κ2) is 13.7. The van der Waals surface area contributed by atoms with Gasteiger partial charge in [-0.3, -0.25) is 19.2 Å². The van der Waals surface area contributed by atoms with Gasteiger partial charge in [-0.05, 0) is 13.8 Å². The van der Waals surface area contributed by atoms with Crippen molar-refractivity contribution in [3.63, 3.8) is 0 Å². The van der Waals surface area contributed by atoms with Crippen molar-refractivity contribution in [2.45, 2.75) is 26.7 Å². The molecule has 0 saturated carbocycles. The first-order valence-corrected chi connectivity index (χ1v) is 4.43. The summed E-state index contributed by atoms with van der Waals surface area (Å²) in [6.45, 7) is 2.49. The van der Waals surface area contributed by atoms with E-state index in [0.29, 0.717) is 0 Å². The van der Waals surface area contributed by atoms with Crippen LogP contribution in [0.4, 0.5) is 0 Å². The van der Waals surface area contributed by atoms with Crippen molar-refractivity contribution in [3.05, 3.63) is 0 Å². The van der Waals surface area contributed by atoms with Crippen LogP contribution in [0.1, 0.15) is 26.7 Å². The van der Waals surface area contributed by atoms with Gasteiger partial charge in [0.05, 0.1) is 0 Å². The van der Waals surface area contributed by atoms with Crippen molar-refractivity contribution in [1.29, 1.82) is 0 Å². The third kappa shape index (κ3) is 38.8. The molecule has 0 aliphatic heterocycles. The fourth-order valence-corrected chi connectivity index (χ4v) is 0.426. The van der Waals surface area contributed by atoms with Gasteiger partial charge in [-0.25, -0.2) is 0 Å². The van der Waals surface area contributed by atoms with E-state index in [2.05, 4.69) is 0 Å². The molecule has 7 nitrogen and oxygen atoms in total. The average Bonchev–Trinajstić information content (AvgIpc) is 2.03. The van der Waals surface area contributed by atoms with Crippen molar-refractivity contribution in [2.24, 2.45) is 0 Å². The molecule has 0 aliphatic rings. The van der Waals surface area contributed by atoms with Gasteiger partial charge >= 0.3 is 33.0 Å². The molecule has 0 aromatic carbocycles. The van der Waals surface area contributed by atoms with E-state index in [0.717, 1.165) is 17.4 Å². The van der Waals surface area contributed by atoms with Crippen molar-refractivity contribution < 1.29 is 50.4 Å². The monoisotopic (exact) mass is 271 g/mol. The zero-order valence-electron chi connectivity index (χ0n) is 8.80. The Balaban J connectivity index is -0.000000183. The van der Waals surface area contributed by atoms with Gasteiger partial charge in [0, 0.05) is 0 Å². The summed E-state index contributed by atoms with van der Waals surface area (Å²) in [5.74, 6) is -2.75. The minimum absolute atomic E-state index is 0.312. The molecule has 0 amide bonds. The topological polar surface area (TPSA) is 126 Å². The van der Waals surface area contributed by atoms with Crippen LogP contribution in [0.25, 0.3) is 0 Å². The van der Waals surface area contributed by atoms with E-state index < -0.39 is 11.9 Å². The zero-order chi connectivity index (χ0) is 13.7. The van der Waals surface area contributed by atoms with Crippen LogP contribution in [0.5, 0.6) is 0 Å². The average molecular weight is 271 g/mol. The van der Waals surface area contributed by atoms with Gasteiger partial charge in [0.1, 0.15) is 24.4 Å². The second-order valence-corrected chi connectivity index (χ2v) is 2.55. The fraction of sp³-hybridized carbons (Fsp3) is 0.500. The second-order valence-electron chi connectivity index (χ2n) is 2.55. The van der Waals surface area contributed by atoms with E-state index >= 15 is 0 Å². The molecule has 2 N–H and O–H groups in total. The first-order valence-electron chi connectivity index (χ1n) is 3.86. The molecule has 0 atom stereocenters. The molecule has 0 spiro atoms. The molecule has 0 rings (SSSR count). The maximum absolute atomic E-state index is 9.87. The fourth-order valence-electron chi connectivity index (χ4n) is 0.426. The molecular weight excluding hydrogens is 259 g/mol. The number of hydrogen-bond donors (Lipinski definition) is 2. The molecule has 0 aromatic rings. The zero-order valence-corrected chi connectivity index (χ0v) is 10.2. The molecule has 0 saturated heterocycles. The summed E-state index contributed by atoms with van der Waals surface area (Å²) in [5.41, 5.74) is 0. The molecule has 8 heteroatoms. The number of aliphatic carboxylic acids is 2. The van der Waals surface area contributed by atoms with Crippen molar-refractivity contribution >= 4 is 23.5 Å². The Bertz CT molecular complexity index is 211.